The Morgan fingerprint density at radius 1 is 1.00 bits per heavy atom. The first-order chi connectivity index (χ1) is 13.1. The second kappa shape index (κ2) is 8.75. The third kappa shape index (κ3) is 5.24. The molecule has 27 heavy (non-hydrogen) atoms. The van der Waals surface area contributed by atoms with Crippen LogP contribution in [0.4, 0.5) is 10.2 Å². The molecule has 3 aromatic rings. The normalized spacial score (nSPS) is 10.3. The molecule has 0 saturated heterocycles. The summed E-state index contributed by atoms with van der Waals surface area (Å²) in [5.74, 6) is 0.705. The van der Waals surface area contributed by atoms with E-state index in [4.69, 9.17) is 4.74 Å². The van der Waals surface area contributed by atoms with E-state index in [1.54, 1.807) is 25.3 Å². The summed E-state index contributed by atoms with van der Waals surface area (Å²) in [5, 5.41) is 5.92. The fourth-order valence-corrected chi connectivity index (χ4v) is 2.39. The van der Waals surface area contributed by atoms with Crippen molar-refractivity contribution in [1.82, 2.24) is 15.3 Å². The lowest BCUT2D eigenvalue weighted by atomic mass is 10.2. The van der Waals surface area contributed by atoms with Crippen molar-refractivity contribution in [2.24, 2.45) is 0 Å². The maximum absolute atomic E-state index is 12.9. The number of anilines is 1. The Morgan fingerprint density at radius 2 is 1.67 bits per heavy atom. The number of methoxy groups -OCH3 is 1. The third-order valence-electron chi connectivity index (χ3n) is 3.90. The van der Waals surface area contributed by atoms with Crippen LogP contribution in [0.15, 0.2) is 60.9 Å². The molecule has 1 amide bonds. The smallest absolute Gasteiger partial charge is 0.270 e. The number of carbonyl (C=O) groups excluding carboxylic acids is 1. The van der Waals surface area contributed by atoms with Gasteiger partial charge in [-0.15, -0.1) is 0 Å². The van der Waals surface area contributed by atoms with Gasteiger partial charge in [0.1, 0.15) is 29.4 Å². The second-order valence-electron chi connectivity index (χ2n) is 5.80. The van der Waals surface area contributed by atoms with E-state index >= 15 is 0 Å². The van der Waals surface area contributed by atoms with Crippen molar-refractivity contribution in [3.05, 3.63) is 83.6 Å². The van der Waals surface area contributed by atoms with Crippen LogP contribution in [0.1, 0.15) is 21.6 Å². The van der Waals surface area contributed by atoms with Crippen molar-refractivity contribution in [1.29, 1.82) is 0 Å². The van der Waals surface area contributed by atoms with Gasteiger partial charge >= 0.3 is 0 Å². The minimum Gasteiger partial charge on any atom is -0.497 e. The number of amides is 1. The lowest BCUT2D eigenvalue weighted by Gasteiger charge is -2.08. The fourth-order valence-electron chi connectivity index (χ4n) is 2.39. The highest BCUT2D eigenvalue weighted by Gasteiger charge is 2.09. The van der Waals surface area contributed by atoms with Crippen molar-refractivity contribution in [3.63, 3.8) is 0 Å². The van der Waals surface area contributed by atoms with Crippen LogP contribution in [-0.2, 0) is 13.1 Å². The number of rotatable bonds is 7. The van der Waals surface area contributed by atoms with E-state index in [0.29, 0.717) is 12.4 Å². The molecule has 1 aromatic heterocycles. The average Bonchev–Trinajstić information content (AvgIpc) is 2.72. The molecule has 0 bridgehead atoms. The number of hydrogen-bond donors (Lipinski definition) is 2. The number of ether oxygens (including phenoxy) is 1. The van der Waals surface area contributed by atoms with Crippen LogP contribution < -0.4 is 15.4 Å². The zero-order chi connectivity index (χ0) is 19.1. The van der Waals surface area contributed by atoms with Gasteiger partial charge in [0.05, 0.1) is 7.11 Å². The summed E-state index contributed by atoms with van der Waals surface area (Å²) in [4.78, 5) is 20.4. The maximum Gasteiger partial charge on any atom is 0.270 e. The summed E-state index contributed by atoms with van der Waals surface area (Å²) in [5.41, 5.74) is 2.11. The van der Waals surface area contributed by atoms with Crippen LogP contribution >= 0.6 is 0 Å². The lowest BCUT2D eigenvalue weighted by Crippen LogP contribution is -2.24. The SMILES string of the molecule is COc1ccc(CNc2cc(C(=O)NCc3ccc(F)cc3)ncn2)cc1. The second-order valence-corrected chi connectivity index (χ2v) is 5.80. The molecule has 0 radical (unpaired) electrons. The zero-order valence-electron chi connectivity index (χ0n) is 14.8. The highest BCUT2D eigenvalue weighted by Crippen LogP contribution is 2.13. The van der Waals surface area contributed by atoms with E-state index < -0.39 is 0 Å². The van der Waals surface area contributed by atoms with Crippen LogP contribution in [0.5, 0.6) is 5.75 Å². The molecule has 3 rings (SSSR count). The van der Waals surface area contributed by atoms with Gasteiger partial charge in [-0.2, -0.15) is 0 Å². The van der Waals surface area contributed by atoms with Crippen LogP contribution in [-0.4, -0.2) is 23.0 Å². The molecular weight excluding hydrogens is 347 g/mol. The topological polar surface area (TPSA) is 76.1 Å². The number of carbonyl (C=O) groups is 1. The molecule has 138 valence electrons. The molecule has 0 aliphatic heterocycles. The predicted molar refractivity (Wildman–Crippen MR) is 99.9 cm³/mol. The zero-order valence-corrected chi connectivity index (χ0v) is 14.8. The largest absolute Gasteiger partial charge is 0.497 e. The van der Waals surface area contributed by atoms with Crippen LogP contribution in [0.3, 0.4) is 0 Å². The van der Waals surface area contributed by atoms with Gasteiger partial charge in [-0.3, -0.25) is 4.79 Å². The van der Waals surface area contributed by atoms with E-state index in [1.165, 1.54) is 18.5 Å². The summed E-state index contributed by atoms with van der Waals surface area (Å²) in [6, 6.07) is 15.2. The molecule has 6 nitrogen and oxygen atoms in total. The fraction of sp³-hybridized carbons (Fsp3) is 0.150. The van der Waals surface area contributed by atoms with Gasteiger partial charge in [0, 0.05) is 19.2 Å². The predicted octanol–water partition coefficient (Wildman–Crippen LogP) is 3.17. The van der Waals surface area contributed by atoms with E-state index in [-0.39, 0.29) is 24.0 Å². The van der Waals surface area contributed by atoms with E-state index in [2.05, 4.69) is 20.6 Å². The summed E-state index contributed by atoms with van der Waals surface area (Å²) in [6.45, 7) is 0.843. The molecule has 0 aliphatic carbocycles. The van der Waals surface area contributed by atoms with Gasteiger partial charge in [0.15, 0.2) is 0 Å². The Bertz CT molecular complexity index is 899. The lowest BCUT2D eigenvalue weighted by molar-refractivity contribution is 0.0946. The van der Waals surface area contributed by atoms with Gasteiger partial charge in [0.25, 0.3) is 5.91 Å². The highest BCUT2D eigenvalue weighted by molar-refractivity contribution is 5.92. The van der Waals surface area contributed by atoms with E-state index in [9.17, 15) is 9.18 Å². The van der Waals surface area contributed by atoms with Gasteiger partial charge in [-0.25, -0.2) is 14.4 Å². The van der Waals surface area contributed by atoms with Gasteiger partial charge < -0.3 is 15.4 Å². The minimum atomic E-state index is -0.325. The molecule has 0 fully saturated rings. The first kappa shape index (κ1) is 18.3. The third-order valence-corrected chi connectivity index (χ3v) is 3.90. The Kier molecular flexibility index (Phi) is 5.94. The number of benzene rings is 2. The molecule has 1 heterocycles. The quantitative estimate of drug-likeness (QED) is 0.672. The van der Waals surface area contributed by atoms with Gasteiger partial charge in [0.2, 0.25) is 0 Å². The first-order valence-corrected chi connectivity index (χ1v) is 8.35. The molecular formula is C20H19FN4O2. The minimum absolute atomic E-state index is 0.254. The standard InChI is InChI=1S/C20H19FN4O2/c1-27-17-8-4-15(5-9-17)11-22-19-10-18(24-13-25-19)20(26)23-12-14-2-6-16(21)7-3-14/h2-10,13H,11-12H2,1H3,(H,23,26)(H,22,24,25). The number of halogens is 1. The number of aromatic nitrogens is 2. The Balaban J connectivity index is 1.56. The van der Waals surface area contributed by atoms with Crippen molar-refractivity contribution in [2.75, 3.05) is 12.4 Å². The van der Waals surface area contributed by atoms with Crippen molar-refractivity contribution < 1.29 is 13.9 Å². The molecule has 0 aliphatic rings. The summed E-state index contributed by atoms with van der Waals surface area (Å²) in [7, 11) is 1.62. The summed E-state index contributed by atoms with van der Waals surface area (Å²) >= 11 is 0. The Labute approximate surface area is 156 Å². The molecule has 0 spiro atoms. The number of hydrogen-bond acceptors (Lipinski definition) is 5. The maximum atomic E-state index is 12.9. The van der Waals surface area contributed by atoms with Crippen LogP contribution in [0.2, 0.25) is 0 Å². The summed E-state index contributed by atoms with van der Waals surface area (Å²) in [6.07, 6.45) is 1.34. The van der Waals surface area contributed by atoms with Gasteiger partial charge in [-0.05, 0) is 35.4 Å². The molecule has 0 saturated carbocycles. The highest BCUT2D eigenvalue weighted by atomic mass is 19.1. The van der Waals surface area contributed by atoms with Crippen molar-refractivity contribution >= 4 is 11.7 Å². The van der Waals surface area contributed by atoms with Crippen molar-refractivity contribution in [3.8, 4) is 5.75 Å². The Hall–Kier alpha value is -3.48. The molecule has 7 heteroatoms. The summed E-state index contributed by atoms with van der Waals surface area (Å²) < 4.78 is 18.0. The molecule has 0 atom stereocenters. The van der Waals surface area contributed by atoms with E-state index in [1.807, 2.05) is 24.3 Å². The van der Waals surface area contributed by atoms with Crippen LogP contribution in [0.25, 0.3) is 0 Å². The number of nitrogens with one attached hydrogen (secondary N) is 2. The molecule has 0 unspecified atom stereocenters. The Morgan fingerprint density at radius 3 is 2.37 bits per heavy atom. The van der Waals surface area contributed by atoms with Crippen LogP contribution in [0, 0.1) is 5.82 Å². The molecule has 2 N–H and O–H groups in total. The monoisotopic (exact) mass is 366 g/mol. The first-order valence-electron chi connectivity index (χ1n) is 8.35. The van der Waals surface area contributed by atoms with Gasteiger partial charge in [-0.1, -0.05) is 24.3 Å². The number of nitrogens with zero attached hydrogens (tertiary/aromatic N) is 2. The molecule has 2 aromatic carbocycles. The van der Waals surface area contributed by atoms with Crippen molar-refractivity contribution in [2.45, 2.75) is 13.1 Å². The average molecular weight is 366 g/mol. The van der Waals surface area contributed by atoms with E-state index in [0.717, 1.165) is 16.9 Å².